The van der Waals surface area contributed by atoms with E-state index < -0.39 is 0 Å². The molecular formula is C37H66O3. The van der Waals surface area contributed by atoms with Crippen molar-refractivity contribution < 1.29 is 14.6 Å². The second-order valence-electron chi connectivity index (χ2n) is 12.2. The molecule has 0 unspecified atom stereocenters. The number of hydrogen-bond donors (Lipinski definition) is 1. The molecule has 1 rings (SSSR count). The van der Waals surface area contributed by atoms with Crippen molar-refractivity contribution in [1.82, 2.24) is 0 Å². The summed E-state index contributed by atoms with van der Waals surface area (Å²) in [7, 11) is 0. The van der Waals surface area contributed by atoms with Gasteiger partial charge in [-0.1, -0.05) is 180 Å². The lowest BCUT2D eigenvalue weighted by Gasteiger charge is -2.06. The minimum Gasteiger partial charge on any atom is -0.508 e. The monoisotopic (exact) mass is 559 g/mol. The van der Waals surface area contributed by atoms with Gasteiger partial charge in [-0.2, -0.15) is 0 Å². The number of rotatable bonds is 30. The molecular weight excluding hydrogens is 492 g/mol. The first-order valence-corrected chi connectivity index (χ1v) is 17.7. The van der Waals surface area contributed by atoms with Gasteiger partial charge in [0.25, 0.3) is 0 Å². The van der Waals surface area contributed by atoms with Gasteiger partial charge in [-0.25, -0.2) is 0 Å². The molecule has 0 aliphatic carbocycles. The highest BCUT2D eigenvalue weighted by Gasteiger charge is 2.03. The number of esters is 1. The average Bonchev–Trinajstić information content (AvgIpc) is 2.96. The van der Waals surface area contributed by atoms with Crippen molar-refractivity contribution in [2.75, 3.05) is 6.61 Å². The zero-order valence-corrected chi connectivity index (χ0v) is 26.6. The summed E-state index contributed by atoms with van der Waals surface area (Å²) in [6.45, 7) is 2.72. The highest BCUT2D eigenvalue weighted by molar-refractivity contribution is 5.69. The van der Waals surface area contributed by atoms with E-state index in [9.17, 15) is 9.90 Å². The molecule has 0 fully saturated rings. The lowest BCUT2D eigenvalue weighted by molar-refractivity contribution is -0.143. The zero-order valence-electron chi connectivity index (χ0n) is 26.6. The minimum atomic E-state index is -0.0804. The lowest BCUT2D eigenvalue weighted by Crippen LogP contribution is -2.07. The number of phenols is 1. The molecule has 3 nitrogen and oxygen atoms in total. The van der Waals surface area contributed by atoms with E-state index in [-0.39, 0.29) is 11.7 Å². The van der Waals surface area contributed by atoms with E-state index in [1.807, 2.05) is 12.1 Å². The molecule has 0 aliphatic rings. The first-order chi connectivity index (χ1) is 19.7. The topological polar surface area (TPSA) is 46.5 Å². The lowest BCUT2D eigenvalue weighted by atomic mass is 10.0. The third-order valence-corrected chi connectivity index (χ3v) is 8.32. The van der Waals surface area contributed by atoms with Gasteiger partial charge < -0.3 is 9.84 Å². The molecule has 0 saturated heterocycles. The maximum atomic E-state index is 11.9. The molecule has 0 heterocycles. The predicted octanol–water partition coefficient (Wildman–Crippen LogP) is 12.0. The Labute approximate surface area is 249 Å². The van der Waals surface area contributed by atoms with E-state index in [1.165, 1.54) is 154 Å². The molecule has 0 radical (unpaired) electrons. The number of ether oxygens (including phenoxy) is 1. The van der Waals surface area contributed by atoms with E-state index in [2.05, 4.69) is 6.92 Å². The maximum absolute atomic E-state index is 11.9. The Morgan fingerprint density at radius 3 is 1.20 bits per heavy atom. The van der Waals surface area contributed by atoms with Gasteiger partial charge in [-0.15, -0.1) is 0 Å². The van der Waals surface area contributed by atoms with Gasteiger partial charge in [0.1, 0.15) is 5.75 Å². The molecule has 0 saturated carbocycles. The molecule has 3 heteroatoms. The number of hydrogen-bond acceptors (Lipinski definition) is 3. The fraction of sp³-hybridized carbons (Fsp3) is 0.811. The van der Waals surface area contributed by atoms with E-state index >= 15 is 0 Å². The Bertz CT molecular complexity index is 654. The summed E-state index contributed by atoms with van der Waals surface area (Å²) in [5.41, 5.74) is 1.07. The van der Waals surface area contributed by atoms with Gasteiger partial charge in [0, 0.05) is 12.8 Å². The van der Waals surface area contributed by atoms with Gasteiger partial charge in [-0.3, -0.25) is 4.79 Å². The van der Waals surface area contributed by atoms with E-state index in [4.69, 9.17) is 4.74 Å². The summed E-state index contributed by atoms with van der Waals surface area (Å²) in [4.78, 5) is 11.9. The summed E-state index contributed by atoms with van der Waals surface area (Å²) in [6, 6.07) is 7.07. The van der Waals surface area contributed by atoms with Crippen LogP contribution in [0.15, 0.2) is 24.3 Å². The van der Waals surface area contributed by atoms with Gasteiger partial charge in [0.05, 0.1) is 6.61 Å². The van der Waals surface area contributed by atoms with Crippen molar-refractivity contribution in [3.05, 3.63) is 29.8 Å². The molecule has 40 heavy (non-hydrogen) atoms. The number of carbonyl (C=O) groups excluding carboxylic acids is 1. The highest BCUT2D eigenvalue weighted by atomic mass is 16.5. The van der Waals surface area contributed by atoms with Crippen LogP contribution in [-0.4, -0.2) is 17.7 Å². The van der Waals surface area contributed by atoms with Crippen LogP contribution in [0.2, 0.25) is 0 Å². The molecule has 0 aromatic heterocycles. The average molecular weight is 559 g/mol. The van der Waals surface area contributed by atoms with Crippen LogP contribution in [0, 0.1) is 0 Å². The zero-order chi connectivity index (χ0) is 28.8. The van der Waals surface area contributed by atoms with E-state index in [1.54, 1.807) is 12.1 Å². The molecule has 232 valence electrons. The van der Waals surface area contributed by atoms with Crippen LogP contribution < -0.4 is 0 Å². The van der Waals surface area contributed by atoms with Crippen LogP contribution in [0.5, 0.6) is 5.75 Å². The molecule has 0 spiro atoms. The Morgan fingerprint density at radius 1 is 0.525 bits per heavy atom. The van der Waals surface area contributed by atoms with Crippen LogP contribution in [0.25, 0.3) is 0 Å². The second-order valence-corrected chi connectivity index (χ2v) is 12.2. The van der Waals surface area contributed by atoms with Crippen molar-refractivity contribution in [2.45, 2.75) is 187 Å². The van der Waals surface area contributed by atoms with E-state index in [0.717, 1.165) is 18.4 Å². The van der Waals surface area contributed by atoms with E-state index in [0.29, 0.717) is 19.4 Å². The van der Waals surface area contributed by atoms with Crippen molar-refractivity contribution in [3.8, 4) is 5.75 Å². The first-order valence-electron chi connectivity index (χ1n) is 17.7. The van der Waals surface area contributed by atoms with Crippen LogP contribution in [0.1, 0.15) is 186 Å². The molecule has 1 N–H and O–H groups in total. The first kappa shape index (κ1) is 36.5. The predicted molar refractivity (Wildman–Crippen MR) is 173 cm³/mol. The SMILES string of the molecule is CCCCCCCCCCCCCCCCCCCCCCCCCCCCC(=O)OCCc1ccc(O)cc1. The number of aromatic hydroxyl groups is 1. The van der Waals surface area contributed by atoms with Gasteiger partial charge >= 0.3 is 5.97 Å². The summed E-state index contributed by atoms with van der Waals surface area (Å²) < 4.78 is 5.33. The molecule has 0 atom stereocenters. The molecule has 1 aromatic carbocycles. The Kier molecular flexibility index (Phi) is 26.5. The quantitative estimate of drug-likeness (QED) is 0.0754. The number of unbranched alkanes of at least 4 members (excludes halogenated alkanes) is 25. The summed E-state index contributed by atoms with van der Waals surface area (Å²) in [5.74, 6) is 0.185. The van der Waals surface area contributed by atoms with Crippen molar-refractivity contribution in [1.29, 1.82) is 0 Å². The largest absolute Gasteiger partial charge is 0.508 e. The molecule has 0 bridgehead atoms. The molecule has 0 aliphatic heterocycles. The summed E-state index contributed by atoms with van der Waals surface area (Å²) >= 11 is 0. The fourth-order valence-electron chi connectivity index (χ4n) is 5.60. The highest BCUT2D eigenvalue weighted by Crippen LogP contribution is 2.16. The molecule has 0 amide bonds. The number of carbonyl (C=O) groups is 1. The Balaban J connectivity index is 1.68. The standard InChI is InChI=1S/C37H66O3/c1-2-3-4-5-6-7-8-9-10-11-12-13-14-15-16-17-18-19-20-21-22-23-24-25-26-27-28-37(39)40-34-33-35-29-31-36(38)32-30-35/h29-32,38H,2-28,33-34H2,1H3. The van der Waals surface area contributed by atoms with Crippen LogP contribution in [0.3, 0.4) is 0 Å². The maximum Gasteiger partial charge on any atom is 0.305 e. The van der Waals surface area contributed by atoms with Crippen LogP contribution >= 0.6 is 0 Å². The van der Waals surface area contributed by atoms with Gasteiger partial charge in [0.2, 0.25) is 0 Å². The normalized spacial score (nSPS) is 11.2. The number of phenolic OH excluding ortho intramolecular Hbond substituents is 1. The second kappa shape index (κ2) is 29.0. The van der Waals surface area contributed by atoms with Crippen LogP contribution in [0.4, 0.5) is 0 Å². The van der Waals surface area contributed by atoms with Crippen molar-refractivity contribution >= 4 is 5.97 Å². The van der Waals surface area contributed by atoms with Crippen LogP contribution in [-0.2, 0) is 16.0 Å². The third kappa shape index (κ3) is 25.5. The Hall–Kier alpha value is -1.51. The van der Waals surface area contributed by atoms with Crippen molar-refractivity contribution in [3.63, 3.8) is 0 Å². The summed E-state index contributed by atoms with van der Waals surface area (Å²) in [6.07, 6.45) is 37.5. The van der Waals surface area contributed by atoms with Crippen molar-refractivity contribution in [2.24, 2.45) is 0 Å². The minimum absolute atomic E-state index is 0.0804. The van der Waals surface area contributed by atoms with Gasteiger partial charge in [-0.05, 0) is 24.1 Å². The van der Waals surface area contributed by atoms with Gasteiger partial charge in [0.15, 0.2) is 0 Å². The number of benzene rings is 1. The summed E-state index contributed by atoms with van der Waals surface area (Å²) in [5, 5.41) is 9.30. The third-order valence-electron chi connectivity index (χ3n) is 8.32. The molecule has 1 aromatic rings. The fourth-order valence-corrected chi connectivity index (χ4v) is 5.60. The Morgan fingerprint density at radius 2 is 0.850 bits per heavy atom. The smallest absolute Gasteiger partial charge is 0.305 e.